The first-order valence-electron chi connectivity index (χ1n) is 16.6. The highest BCUT2D eigenvalue weighted by atomic mass is 16.7. The van der Waals surface area contributed by atoms with E-state index in [9.17, 15) is 29.4 Å². The van der Waals surface area contributed by atoms with E-state index in [4.69, 9.17) is 23.7 Å². The molecule has 13 nitrogen and oxygen atoms in total. The van der Waals surface area contributed by atoms with Crippen LogP contribution in [-0.2, 0) is 42.9 Å². The van der Waals surface area contributed by atoms with Crippen molar-refractivity contribution in [3.63, 3.8) is 0 Å². The number of carbonyl (C=O) groups excluding carboxylic acids is 4. The third-order valence-electron chi connectivity index (χ3n) is 9.52. The molecule has 0 unspecified atom stereocenters. The standard InChI is InChI=1S/C34H58N2O11/c1-13-15-43-33(9)17-18(3)35-30(40)22(7)28(39)34(10,42)25(14-2)46-31(41)21(6)26(38)20(5)29(33)47-32-27(45-23(8)37)24(36(11)12)16-19(4)44-32/h13,18-22,24-25,27-29,32,39,42H,1,14-17H2,2-12H3,(H,35,40)/t18-,19-,20+,21-,22-,24+,25-,27-,28-,29-,32+,33-,34-/m1/s1. The van der Waals surface area contributed by atoms with Crippen LogP contribution >= 0.6 is 0 Å². The maximum Gasteiger partial charge on any atom is 0.316 e. The van der Waals surface area contributed by atoms with E-state index < -0.39 is 89.3 Å². The van der Waals surface area contributed by atoms with Gasteiger partial charge in [-0.3, -0.25) is 19.2 Å². The largest absolute Gasteiger partial charge is 0.459 e. The Balaban J connectivity index is 2.73. The molecular weight excluding hydrogens is 612 g/mol. The van der Waals surface area contributed by atoms with Gasteiger partial charge in [0.25, 0.3) is 0 Å². The molecule has 13 atom stereocenters. The van der Waals surface area contributed by atoms with E-state index in [-0.39, 0.29) is 31.6 Å². The maximum absolute atomic E-state index is 14.1. The highest BCUT2D eigenvalue weighted by Crippen LogP contribution is 2.37. The minimum absolute atomic E-state index is 0.0569. The number of carbonyl (C=O) groups is 4. The number of hydrogen-bond acceptors (Lipinski definition) is 12. The zero-order chi connectivity index (χ0) is 36.0. The smallest absolute Gasteiger partial charge is 0.316 e. The van der Waals surface area contributed by atoms with Gasteiger partial charge in [0.2, 0.25) is 5.91 Å². The van der Waals surface area contributed by atoms with Crippen LogP contribution in [0.4, 0.5) is 0 Å². The molecule has 2 fully saturated rings. The molecule has 0 bridgehead atoms. The molecule has 2 aliphatic rings. The Labute approximate surface area is 279 Å². The van der Waals surface area contributed by atoms with Crippen molar-refractivity contribution in [1.29, 1.82) is 0 Å². The predicted octanol–water partition coefficient (Wildman–Crippen LogP) is 2.15. The Morgan fingerprint density at radius 3 is 2.28 bits per heavy atom. The van der Waals surface area contributed by atoms with Gasteiger partial charge in [0.1, 0.15) is 17.6 Å². The highest BCUT2D eigenvalue weighted by Gasteiger charge is 2.51. The molecule has 0 aromatic carbocycles. The average molecular weight is 671 g/mol. The van der Waals surface area contributed by atoms with E-state index in [0.717, 1.165) is 0 Å². The van der Waals surface area contributed by atoms with Gasteiger partial charge in [-0.15, -0.1) is 6.58 Å². The van der Waals surface area contributed by atoms with Crippen molar-refractivity contribution in [2.24, 2.45) is 17.8 Å². The Morgan fingerprint density at radius 2 is 1.74 bits per heavy atom. The second kappa shape index (κ2) is 16.8. The number of ketones is 1. The average Bonchev–Trinajstić information content (AvgIpc) is 2.99. The number of rotatable bonds is 8. The Kier molecular flexibility index (Phi) is 14.6. The molecule has 0 aliphatic carbocycles. The molecule has 0 aromatic rings. The molecule has 1 amide bonds. The van der Waals surface area contributed by atoms with E-state index in [1.807, 2.05) is 25.9 Å². The number of amides is 1. The summed E-state index contributed by atoms with van der Waals surface area (Å²) in [5.41, 5.74) is -3.31. The number of hydrogen-bond donors (Lipinski definition) is 3. The van der Waals surface area contributed by atoms with E-state index in [0.29, 0.717) is 6.42 Å². The zero-order valence-corrected chi connectivity index (χ0v) is 30.0. The van der Waals surface area contributed by atoms with Crippen LogP contribution in [0.1, 0.15) is 81.6 Å². The first-order valence-corrected chi connectivity index (χ1v) is 16.6. The van der Waals surface area contributed by atoms with Gasteiger partial charge in [-0.25, -0.2) is 0 Å². The number of aliphatic hydroxyl groups excluding tert-OH is 1. The Morgan fingerprint density at radius 1 is 1.13 bits per heavy atom. The normalized spacial score (nSPS) is 41.3. The Bertz CT molecular complexity index is 1110. The minimum atomic E-state index is -2.00. The van der Waals surface area contributed by atoms with Gasteiger partial charge in [0.15, 0.2) is 18.2 Å². The lowest BCUT2D eigenvalue weighted by Crippen LogP contribution is -2.60. The zero-order valence-electron chi connectivity index (χ0n) is 30.0. The van der Waals surface area contributed by atoms with Crippen molar-refractivity contribution in [1.82, 2.24) is 10.2 Å². The maximum atomic E-state index is 14.1. The SMILES string of the molecule is C=CCO[C@]1(C)C[C@@H](C)NC(=O)[C@H](C)[C@@H](O)[C@](C)(O)[C@@H](CC)OC(=O)[C@H](C)C(=O)[C@H](C)[C@H]1O[C@@H]1O[C@H](C)C[C@H](N(C)C)[C@H]1OC(C)=O. The molecule has 47 heavy (non-hydrogen) atoms. The summed E-state index contributed by atoms with van der Waals surface area (Å²) in [5, 5.41) is 25.3. The fourth-order valence-corrected chi connectivity index (χ4v) is 6.79. The molecule has 0 radical (unpaired) electrons. The lowest BCUT2D eigenvalue weighted by molar-refractivity contribution is -0.298. The number of cyclic esters (lactones) is 1. The van der Waals surface area contributed by atoms with Gasteiger partial charge in [0.05, 0.1) is 42.5 Å². The van der Waals surface area contributed by atoms with E-state index in [2.05, 4.69) is 11.9 Å². The minimum Gasteiger partial charge on any atom is -0.459 e. The van der Waals surface area contributed by atoms with Crippen LogP contribution in [0.5, 0.6) is 0 Å². The molecule has 0 aromatic heterocycles. The van der Waals surface area contributed by atoms with Crippen molar-refractivity contribution in [3.8, 4) is 0 Å². The molecule has 3 N–H and O–H groups in total. The highest BCUT2D eigenvalue weighted by molar-refractivity contribution is 6.00. The summed E-state index contributed by atoms with van der Waals surface area (Å²) in [6.07, 6.45) is -3.89. The summed E-state index contributed by atoms with van der Waals surface area (Å²) in [7, 11) is 3.72. The summed E-state index contributed by atoms with van der Waals surface area (Å²) in [6, 6.07) is -0.863. The quantitative estimate of drug-likeness (QED) is 0.196. The van der Waals surface area contributed by atoms with Gasteiger partial charge >= 0.3 is 11.9 Å². The number of likely N-dealkylation sites (N-methyl/N-ethyl adjacent to an activating group) is 1. The van der Waals surface area contributed by atoms with Crippen LogP contribution in [0.2, 0.25) is 0 Å². The first kappa shape index (κ1) is 40.8. The van der Waals surface area contributed by atoms with Crippen molar-refractivity contribution >= 4 is 23.6 Å². The van der Waals surface area contributed by atoms with Gasteiger partial charge in [-0.05, 0) is 68.0 Å². The molecular formula is C34H58N2O11. The van der Waals surface area contributed by atoms with Crippen LogP contribution < -0.4 is 5.32 Å². The molecule has 0 spiro atoms. The third-order valence-corrected chi connectivity index (χ3v) is 9.52. The van der Waals surface area contributed by atoms with Crippen molar-refractivity contribution < 1.29 is 53.1 Å². The van der Waals surface area contributed by atoms with Crippen LogP contribution in [0.15, 0.2) is 12.7 Å². The van der Waals surface area contributed by atoms with E-state index in [1.165, 1.54) is 27.7 Å². The fraction of sp³-hybridized carbons (Fsp3) is 0.824. The number of aliphatic hydroxyl groups is 2. The second-order valence-corrected chi connectivity index (χ2v) is 13.9. The number of Topliss-reactive ketones (excluding diaryl/α,β-unsaturated/α-hetero) is 1. The molecule has 2 heterocycles. The summed E-state index contributed by atoms with van der Waals surface area (Å²) in [5.74, 6) is -5.91. The first-order chi connectivity index (χ1) is 21.7. The third kappa shape index (κ3) is 9.82. The lowest BCUT2D eigenvalue weighted by Gasteiger charge is -2.47. The topological polar surface area (TPSA) is 170 Å². The summed E-state index contributed by atoms with van der Waals surface area (Å²) in [6.45, 7) is 17.9. The lowest BCUT2D eigenvalue weighted by atomic mass is 9.79. The van der Waals surface area contributed by atoms with Crippen molar-refractivity contribution in [2.45, 2.75) is 142 Å². The van der Waals surface area contributed by atoms with Crippen molar-refractivity contribution in [2.75, 3.05) is 20.7 Å². The molecule has 270 valence electrons. The van der Waals surface area contributed by atoms with Gasteiger partial charge in [-0.2, -0.15) is 0 Å². The van der Waals surface area contributed by atoms with Crippen LogP contribution in [0.25, 0.3) is 0 Å². The van der Waals surface area contributed by atoms with Crippen LogP contribution in [0.3, 0.4) is 0 Å². The predicted molar refractivity (Wildman–Crippen MR) is 173 cm³/mol. The second-order valence-electron chi connectivity index (χ2n) is 13.9. The Hall–Kier alpha value is -2.42. The van der Waals surface area contributed by atoms with Crippen molar-refractivity contribution in [3.05, 3.63) is 12.7 Å². The number of nitrogens with one attached hydrogen (secondary N) is 1. The summed E-state index contributed by atoms with van der Waals surface area (Å²) < 4.78 is 30.7. The van der Waals surface area contributed by atoms with E-state index >= 15 is 0 Å². The summed E-state index contributed by atoms with van der Waals surface area (Å²) in [4.78, 5) is 55.2. The monoisotopic (exact) mass is 670 g/mol. The summed E-state index contributed by atoms with van der Waals surface area (Å²) >= 11 is 0. The molecule has 2 rings (SSSR count). The van der Waals surface area contributed by atoms with Gasteiger partial charge in [-0.1, -0.05) is 26.8 Å². The molecule has 2 saturated heterocycles. The van der Waals surface area contributed by atoms with Gasteiger partial charge < -0.3 is 44.1 Å². The van der Waals surface area contributed by atoms with Gasteiger partial charge in [0, 0.05) is 18.9 Å². The number of ether oxygens (including phenoxy) is 5. The fourth-order valence-electron chi connectivity index (χ4n) is 6.79. The van der Waals surface area contributed by atoms with Crippen LogP contribution in [0, 0.1) is 17.8 Å². The van der Waals surface area contributed by atoms with E-state index in [1.54, 1.807) is 33.8 Å². The van der Waals surface area contributed by atoms with Crippen LogP contribution in [-0.4, -0.2) is 120 Å². The molecule has 2 aliphatic heterocycles. The number of nitrogens with zero attached hydrogens (tertiary/aromatic N) is 1. The number of esters is 2. The molecule has 13 heteroatoms. The molecule has 0 saturated carbocycles.